The molecule has 24 heavy (non-hydrogen) atoms. The van der Waals surface area contributed by atoms with Gasteiger partial charge in [-0.25, -0.2) is 10.4 Å². The van der Waals surface area contributed by atoms with Gasteiger partial charge in [-0.3, -0.25) is 4.79 Å². The molecule has 3 rings (SSSR count). The number of carbonyl (C=O) groups is 1. The summed E-state index contributed by atoms with van der Waals surface area (Å²) in [7, 11) is 0. The van der Waals surface area contributed by atoms with Gasteiger partial charge in [-0.1, -0.05) is 44.2 Å². The van der Waals surface area contributed by atoms with Crippen LogP contribution in [0.4, 0.5) is 0 Å². The van der Waals surface area contributed by atoms with Crippen LogP contribution in [0.2, 0.25) is 0 Å². The van der Waals surface area contributed by atoms with E-state index in [4.69, 9.17) is 0 Å². The van der Waals surface area contributed by atoms with E-state index in [-0.39, 0.29) is 11.2 Å². The van der Waals surface area contributed by atoms with E-state index in [2.05, 4.69) is 27.4 Å². The highest BCUT2D eigenvalue weighted by atomic mass is 32.2. The van der Waals surface area contributed by atoms with Crippen LogP contribution in [0, 0.1) is 5.92 Å². The van der Waals surface area contributed by atoms with Crippen LogP contribution < -0.4 is 5.43 Å². The Hall–Kier alpha value is -1.82. The van der Waals surface area contributed by atoms with Gasteiger partial charge in [0.1, 0.15) is 0 Å². The molecule has 6 heteroatoms. The Bertz CT molecular complexity index is 706. The largest absolute Gasteiger partial charge is 0.333 e. The minimum absolute atomic E-state index is 0.0479. The van der Waals surface area contributed by atoms with Crippen LogP contribution in [0.1, 0.15) is 46.0 Å². The van der Waals surface area contributed by atoms with Crippen molar-refractivity contribution in [3.05, 3.63) is 24.3 Å². The smallest absolute Gasteiger partial charge is 0.253 e. The number of para-hydroxylation sites is 2. The molecule has 128 valence electrons. The van der Waals surface area contributed by atoms with Crippen LogP contribution in [0.25, 0.3) is 11.0 Å². The predicted octanol–water partition coefficient (Wildman–Crippen LogP) is 4.12. The number of fused-ring (bicyclic) bond motifs is 1. The number of aromatic amines is 1. The van der Waals surface area contributed by atoms with Crippen molar-refractivity contribution in [1.29, 1.82) is 0 Å². The van der Waals surface area contributed by atoms with Crippen LogP contribution in [-0.2, 0) is 4.79 Å². The first-order valence-corrected chi connectivity index (χ1v) is 9.53. The maximum Gasteiger partial charge on any atom is 0.253 e. The number of benzene rings is 1. The average molecular weight is 344 g/mol. The fourth-order valence-corrected chi connectivity index (χ4v) is 3.89. The van der Waals surface area contributed by atoms with Crippen LogP contribution in [0.3, 0.4) is 0 Å². The molecule has 1 fully saturated rings. The summed E-state index contributed by atoms with van der Waals surface area (Å²) in [4.78, 5) is 20.3. The number of nitrogens with one attached hydrogen (secondary N) is 2. The van der Waals surface area contributed by atoms with Crippen molar-refractivity contribution < 1.29 is 4.79 Å². The van der Waals surface area contributed by atoms with Crippen molar-refractivity contribution in [3.63, 3.8) is 0 Å². The lowest BCUT2D eigenvalue weighted by Gasteiger charge is -2.20. The zero-order chi connectivity index (χ0) is 16.9. The highest BCUT2D eigenvalue weighted by molar-refractivity contribution is 8.00. The average Bonchev–Trinajstić information content (AvgIpc) is 3.01. The van der Waals surface area contributed by atoms with E-state index in [0.29, 0.717) is 5.92 Å². The number of hydrogen-bond donors (Lipinski definition) is 2. The van der Waals surface area contributed by atoms with Crippen LogP contribution in [-0.4, -0.2) is 26.8 Å². The van der Waals surface area contributed by atoms with E-state index >= 15 is 0 Å². The Morgan fingerprint density at radius 2 is 2.29 bits per heavy atom. The molecule has 1 aromatic heterocycles. The quantitative estimate of drug-likeness (QED) is 0.633. The van der Waals surface area contributed by atoms with Crippen molar-refractivity contribution in [2.24, 2.45) is 11.0 Å². The van der Waals surface area contributed by atoms with Gasteiger partial charge < -0.3 is 4.98 Å². The van der Waals surface area contributed by atoms with Gasteiger partial charge in [0.15, 0.2) is 5.16 Å². The summed E-state index contributed by atoms with van der Waals surface area (Å²) in [5.74, 6) is 0.426. The lowest BCUT2D eigenvalue weighted by molar-refractivity contribution is -0.120. The molecule has 0 aliphatic heterocycles. The number of amides is 1. The molecule has 1 aliphatic carbocycles. The SMILES string of the molecule is CC[C@@H](Sc1nc2ccccc2[nH]1)C(=O)NN=C1CCCC[C@H]1C. The van der Waals surface area contributed by atoms with Gasteiger partial charge in [0.2, 0.25) is 0 Å². The molecule has 0 saturated heterocycles. The highest BCUT2D eigenvalue weighted by Crippen LogP contribution is 2.26. The number of aromatic nitrogens is 2. The topological polar surface area (TPSA) is 70.1 Å². The Morgan fingerprint density at radius 3 is 3.04 bits per heavy atom. The van der Waals surface area contributed by atoms with E-state index in [1.165, 1.54) is 31.0 Å². The Balaban J connectivity index is 1.64. The molecular weight excluding hydrogens is 320 g/mol. The third-order valence-corrected chi connectivity index (χ3v) is 5.73. The molecule has 2 atom stereocenters. The molecule has 1 heterocycles. The van der Waals surface area contributed by atoms with Gasteiger partial charge in [0, 0.05) is 5.71 Å². The summed E-state index contributed by atoms with van der Waals surface area (Å²) < 4.78 is 0. The number of hydrogen-bond acceptors (Lipinski definition) is 4. The maximum absolute atomic E-state index is 12.5. The molecule has 2 aromatic rings. The van der Waals surface area contributed by atoms with Crippen molar-refractivity contribution in [3.8, 4) is 0 Å². The van der Waals surface area contributed by atoms with E-state index in [0.717, 1.165) is 34.7 Å². The van der Waals surface area contributed by atoms with Crippen molar-refractivity contribution in [1.82, 2.24) is 15.4 Å². The summed E-state index contributed by atoms with van der Waals surface area (Å²) >= 11 is 1.46. The second-order valence-corrected chi connectivity index (χ2v) is 7.49. The molecule has 1 aromatic carbocycles. The van der Waals surface area contributed by atoms with Crippen LogP contribution in [0.15, 0.2) is 34.5 Å². The van der Waals surface area contributed by atoms with Gasteiger partial charge in [0.05, 0.1) is 16.3 Å². The first-order valence-electron chi connectivity index (χ1n) is 8.65. The molecule has 0 spiro atoms. The fraction of sp³-hybridized carbons (Fsp3) is 0.500. The van der Waals surface area contributed by atoms with Crippen molar-refractivity contribution in [2.75, 3.05) is 0 Å². The second-order valence-electron chi connectivity index (χ2n) is 6.30. The van der Waals surface area contributed by atoms with Gasteiger partial charge in [-0.2, -0.15) is 5.10 Å². The van der Waals surface area contributed by atoms with Crippen molar-refractivity contribution in [2.45, 2.75) is 56.4 Å². The highest BCUT2D eigenvalue weighted by Gasteiger charge is 2.21. The number of thioether (sulfide) groups is 1. The monoisotopic (exact) mass is 344 g/mol. The summed E-state index contributed by atoms with van der Waals surface area (Å²) in [5.41, 5.74) is 5.81. The normalized spacial score (nSPS) is 21.1. The van der Waals surface area contributed by atoms with E-state index in [1.807, 2.05) is 31.2 Å². The maximum atomic E-state index is 12.5. The predicted molar refractivity (Wildman–Crippen MR) is 99.2 cm³/mol. The van der Waals surface area contributed by atoms with E-state index < -0.39 is 0 Å². The number of imidazole rings is 1. The van der Waals surface area contributed by atoms with Crippen molar-refractivity contribution >= 4 is 34.4 Å². The van der Waals surface area contributed by atoms with E-state index in [1.54, 1.807) is 0 Å². The molecule has 1 saturated carbocycles. The Kier molecular flexibility index (Phi) is 5.56. The van der Waals surface area contributed by atoms with Crippen LogP contribution >= 0.6 is 11.8 Å². The Morgan fingerprint density at radius 1 is 1.46 bits per heavy atom. The molecule has 2 N–H and O–H groups in total. The zero-order valence-electron chi connectivity index (χ0n) is 14.2. The number of rotatable bonds is 5. The number of nitrogens with zero attached hydrogens (tertiary/aromatic N) is 2. The second kappa shape index (κ2) is 7.83. The van der Waals surface area contributed by atoms with Crippen LogP contribution in [0.5, 0.6) is 0 Å². The summed E-state index contributed by atoms with van der Waals surface area (Å²) in [6, 6.07) is 7.89. The summed E-state index contributed by atoms with van der Waals surface area (Å²) in [6.07, 6.45) is 5.32. The number of carbonyl (C=O) groups excluding carboxylic acids is 1. The summed E-state index contributed by atoms with van der Waals surface area (Å²) in [6.45, 7) is 4.20. The Labute approximate surface area is 146 Å². The molecule has 1 amide bonds. The standard InChI is InChI=1S/C18H24N4OS/c1-3-16(17(23)22-21-13-9-5-4-8-12(13)2)24-18-19-14-10-6-7-11-15(14)20-18/h6-7,10-12,16H,3-5,8-9H2,1-2H3,(H,19,20)(H,22,23)/t12-,16-/m1/s1. The van der Waals surface area contributed by atoms with E-state index in [9.17, 15) is 4.79 Å². The third kappa shape index (κ3) is 3.98. The molecular formula is C18H24N4OS. The zero-order valence-corrected chi connectivity index (χ0v) is 15.0. The van der Waals surface area contributed by atoms with Gasteiger partial charge in [-0.05, 0) is 43.7 Å². The summed E-state index contributed by atoms with van der Waals surface area (Å²) in [5, 5.41) is 4.97. The van der Waals surface area contributed by atoms with Gasteiger partial charge in [-0.15, -0.1) is 0 Å². The minimum Gasteiger partial charge on any atom is -0.333 e. The number of hydrazone groups is 1. The fourth-order valence-electron chi connectivity index (χ4n) is 2.98. The lowest BCUT2D eigenvalue weighted by atomic mass is 9.89. The first kappa shape index (κ1) is 17.0. The number of H-pyrrole nitrogens is 1. The minimum atomic E-state index is -0.200. The first-order chi connectivity index (χ1) is 11.7. The molecule has 0 unspecified atom stereocenters. The molecule has 0 bridgehead atoms. The lowest BCUT2D eigenvalue weighted by Crippen LogP contribution is -2.31. The van der Waals surface area contributed by atoms with Gasteiger partial charge >= 0.3 is 0 Å². The molecule has 1 aliphatic rings. The van der Waals surface area contributed by atoms with Gasteiger partial charge in [0.25, 0.3) is 5.91 Å². The third-order valence-electron chi connectivity index (χ3n) is 4.48. The molecule has 5 nitrogen and oxygen atoms in total. The molecule has 0 radical (unpaired) electrons.